The predicted octanol–water partition coefficient (Wildman–Crippen LogP) is 0.796. The maximum absolute atomic E-state index is 11.4. The van der Waals surface area contributed by atoms with E-state index in [2.05, 4.69) is 0 Å². The molecule has 0 aromatic heterocycles. The first kappa shape index (κ1) is 14.0. The molecule has 5 nitrogen and oxygen atoms in total. The fourth-order valence-electron chi connectivity index (χ4n) is 1.47. The summed E-state index contributed by atoms with van der Waals surface area (Å²) in [6.07, 6.45) is 0. The molecule has 0 saturated heterocycles. The Morgan fingerprint density at radius 3 is 2.18 bits per heavy atom. The largest absolute Gasteiger partial charge is 0.506 e. The Balaban J connectivity index is 3.62. The second kappa shape index (κ2) is 4.29. The molecule has 0 aliphatic carbocycles. The Kier molecular flexibility index (Phi) is 3.52. The van der Waals surface area contributed by atoms with Crippen LogP contribution in [0.2, 0.25) is 0 Å². The van der Waals surface area contributed by atoms with Crippen LogP contribution in [-0.2, 0) is 22.0 Å². The van der Waals surface area contributed by atoms with E-state index in [1.54, 1.807) is 6.07 Å². The van der Waals surface area contributed by atoms with Crippen LogP contribution in [0.3, 0.4) is 0 Å². The van der Waals surface area contributed by atoms with E-state index in [1.165, 1.54) is 6.07 Å². The second-order valence-electron chi connectivity index (χ2n) is 4.98. The van der Waals surface area contributed by atoms with Crippen molar-refractivity contribution < 1.29 is 13.5 Å². The van der Waals surface area contributed by atoms with Crippen LogP contribution < -0.4 is 10.9 Å². The molecule has 0 heterocycles. The van der Waals surface area contributed by atoms with Crippen LogP contribution in [0.15, 0.2) is 17.0 Å². The lowest BCUT2D eigenvalue weighted by molar-refractivity contribution is 0.449. The molecule has 96 valence electrons. The molecule has 0 atom stereocenters. The number of primary sulfonamides is 1. The monoisotopic (exact) mass is 258 g/mol. The molecule has 0 spiro atoms. The number of sulfonamides is 1. The van der Waals surface area contributed by atoms with Crippen LogP contribution >= 0.6 is 0 Å². The number of phenols is 1. The molecule has 1 aromatic rings. The summed E-state index contributed by atoms with van der Waals surface area (Å²) in [5.74, 6) is -0.358. The van der Waals surface area contributed by atoms with Gasteiger partial charge in [0.2, 0.25) is 10.0 Å². The molecule has 0 bridgehead atoms. The van der Waals surface area contributed by atoms with Gasteiger partial charge in [-0.15, -0.1) is 0 Å². The van der Waals surface area contributed by atoms with Crippen LogP contribution in [0.25, 0.3) is 0 Å². The molecule has 17 heavy (non-hydrogen) atoms. The van der Waals surface area contributed by atoms with Crippen LogP contribution in [0.5, 0.6) is 5.75 Å². The van der Waals surface area contributed by atoms with Crippen molar-refractivity contribution in [3.05, 3.63) is 23.3 Å². The van der Waals surface area contributed by atoms with Crippen LogP contribution in [-0.4, -0.2) is 13.5 Å². The average Bonchev–Trinajstić information content (AvgIpc) is 2.14. The van der Waals surface area contributed by atoms with Gasteiger partial charge >= 0.3 is 0 Å². The van der Waals surface area contributed by atoms with E-state index in [0.29, 0.717) is 5.56 Å². The number of hydrogen-bond acceptors (Lipinski definition) is 4. The molecular weight excluding hydrogens is 240 g/mol. The minimum atomic E-state index is -3.95. The molecule has 6 heteroatoms. The summed E-state index contributed by atoms with van der Waals surface area (Å²) in [6, 6.07) is 3.09. The first-order valence-electron chi connectivity index (χ1n) is 5.16. The Bertz CT molecular complexity index is 530. The number of phenolic OH excluding ortho intramolecular Hbond substituents is 1. The highest BCUT2D eigenvalue weighted by atomic mass is 32.2. The Labute approximate surface area is 101 Å². The lowest BCUT2D eigenvalue weighted by Crippen LogP contribution is -2.17. The fraction of sp³-hybridized carbons (Fsp3) is 0.455. The third-order valence-corrected chi connectivity index (χ3v) is 3.47. The first-order valence-corrected chi connectivity index (χ1v) is 6.71. The third-order valence-electron chi connectivity index (χ3n) is 2.55. The van der Waals surface area contributed by atoms with Gasteiger partial charge in [-0.3, -0.25) is 0 Å². The van der Waals surface area contributed by atoms with Crippen LogP contribution in [0, 0.1) is 0 Å². The van der Waals surface area contributed by atoms with E-state index in [0.717, 1.165) is 5.56 Å². The van der Waals surface area contributed by atoms with Gasteiger partial charge in [-0.05, 0) is 17.0 Å². The molecule has 1 rings (SSSR count). The van der Waals surface area contributed by atoms with Gasteiger partial charge in [0.25, 0.3) is 0 Å². The summed E-state index contributed by atoms with van der Waals surface area (Å²) in [5.41, 5.74) is 6.37. The lowest BCUT2D eigenvalue weighted by Gasteiger charge is -2.21. The average molecular weight is 258 g/mol. The number of rotatable bonds is 2. The van der Waals surface area contributed by atoms with Gasteiger partial charge in [0.15, 0.2) is 0 Å². The molecule has 0 saturated carbocycles. The molecule has 5 N–H and O–H groups in total. The molecule has 1 aromatic carbocycles. The molecule has 0 unspecified atom stereocenters. The molecule has 0 radical (unpaired) electrons. The number of nitrogens with two attached hydrogens (primary N) is 2. The summed E-state index contributed by atoms with van der Waals surface area (Å²) < 4.78 is 22.8. The summed E-state index contributed by atoms with van der Waals surface area (Å²) in [4.78, 5) is -0.273. The minimum absolute atomic E-state index is 0.0538. The van der Waals surface area contributed by atoms with Gasteiger partial charge < -0.3 is 10.8 Å². The SMILES string of the molecule is CC(C)(C)c1cc(CN)c(O)c(S(N)(=O)=O)c1. The van der Waals surface area contributed by atoms with Crippen molar-refractivity contribution >= 4 is 10.0 Å². The maximum atomic E-state index is 11.4. The highest BCUT2D eigenvalue weighted by Crippen LogP contribution is 2.32. The minimum Gasteiger partial charge on any atom is -0.506 e. The molecule has 0 fully saturated rings. The van der Waals surface area contributed by atoms with Gasteiger partial charge in [0, 0.05) is 12.1 Å². The first-order chi connectivity index (χ1) is 7.57. The van der Waals surface area contributed by atoms with Crippen molar-refractivity contribution in [3.63, 3.8) is 0 Å². The van der Waals surface area contributed by atoms with Gasteiger partial charge in [0.05, 0.1) is 0 Å². The number of aromatic hydroxyl groups is 1. The van der Waals surface area contributed by atoms with Crippen LogP contribution in [0.4, 0.5) is 0 Å². The van der Waals surface area contributed by atoms with Gasteiger partial charge in [-0.25, -0.2) is 13.6 Å². The lowest BCUT2D eigenvalue weighted by atomic mass is 9.86. The zero-order valence-electron chi connectivity index (χ0n) is 10.2. The summed E-state index contributed by atoms with van der Waals surface area (Å²) in [5, 5.41) is 14.8. The molecule has 0 aliphatic rings. The van der Waals surface area contributed by atoms with E-state index >= 15 is 0 Å². The normalized spacial score (nSPS) is 12.8. The van der Waals surface area contributed by atoms with Crippen molar-refractivity contribution in [1.82, 2.24) is 0 Å². The van der Waals surface area contributed by atoms with E-state index < -0.39 is 10.0 Å². The second-order valence-corrected chi connectivity index (χ2v) is 6.51. The van der Waals surface area contributed by atoms with E-state index in [-0.39, 0.29) is 22.6 Å². The third kappa shape index (κ3) is 2.96. The molecule has 0 aliphatic heterocycles. The predicted molar refractivity (Wildman–Crippen MR) is 66.1 cm³/mol. The Morgan fingerprint density at radius 2 is 1.82 bits per heavy atom. The van der Waals surface area contributed by atoms with E-state index in [4.69, 9.17) is 10.9 Å². The van der Waals surface area contributed by atoms with E-state index in [9.17, 15) is 13.5 Å². The summed E-state index contributed by atoms with van der Waals surface area (Å²) >= 11 is 0. The van der Waals surface area contributed by atoms with Crippen molar-refractivity contribution in [3.8, 4) is 5.75 Å². The number of hydrogen-bond donors (Lipinski definition) is 3. The topological polar surface area (TPSA) is 106 Å². The highest BCUT2D eigenvalue weighted by molar-refractivity contribution is 7.89. The fourth-order valence-corrected chi connectivity index (χ4v) is 2.16. The smallest absolute Gasteiger partial charge is 0.241 e. The zero-order chi connectivity index (χ0) is 13.4. The van der Waals surface area contributed by atoms with Crippen molar-refractivity contribution in [2.24, 2.45) is 10.9 Å². The Morgan fingerprint density at radius 1 is 1.29 bits per heavy atom. The quantitative estimate of drug-likeness (QED) is 0.729. The van der Waals surface area contributed by atoms with Gasteiger partial charge in [0.1, 0.15) is 10.6 Å². The van der Waals surface area contributed by atoms with Gasteiger partial charge in [-0.1, -0.05) is 26.8 Å². The van der Waals surface area contributed by atoms with Crippen molar-refractivity contribution in [2.45, 2.75) is 37.6 Å². The van der Waals surface area contributed by atoms with Crippen molar-refractivity contribution in [2.75, 3.05) is 0 Å². The summed E-state index contributed by atoms with van der Waals surface area (Å²) in [6.45, 7) is 5.87. The highest BCUT2D eigenvalue weighted by Gasteiger charge is 2.22. The maximum Gasteiger partial charge on any atom is 0.241 e. The Hall–Kier alpha value is -1.11. The standard InChI is InChI=1S/C11H18N2O3S/c1-11(2,3)8-4-7(6-12)10(14)9(5-8)17(13,15)16/h4-5,14H,6,12H2,1-3H3,(H2,13,15,16). The van der Waals surface area contributed by atoms with Gasteiger partial charge in [-0.2, -0.15) is 0 Å². The molecule has 0 amide bonds. The van der Waals surface area contributed by atoms with Crippen molar-refractivity contribution in [1.29, 1.82) is 0 Å². The van der Waals surface area contributed by atoms with E-state index in [1.807, 2.05) is 20.8 Å². The summed E-state index contributed by atoms with van der Waals surface area (Å²) in [7, 11) is -3.95. The molecular formula is C11H18N2O3S. The zero-order valence-corrected chi connectivity index (χ0v) is 11.0. The van der Waals surface area contributed by atoms with Crippen LogP contribution in [0.1, 0.15) is 31.9 Å². The number of benzene rings is 1.